The number of carbonyl (C=O) groups excluding carboxylic acids is 1. The fourth-order valence-electron chi connectivity index (χ4n) is 2.69. The molecular weight excluding hydrogens is 304 g/mol. The first-order valence-electron chi connectivity index (χ1n) is 7.76. The Kier molecular flexibility index (Phi) is 5.54. The normalized spacial score (nSPS) is 10.2. The lowest BCUT2D eigenvalue weighted by molar-refractivity contribution is -0.144. The zero-order chi connectivity index (χ0) is 17.7. The van der Waals surface area contributed by atoms with Gasteiger partial charge in [0.1, 0.15) is 18.2 Å². The molecule has 5 nitrogen and oxygen atoms in total. The molecule has 0 atom stereocenters. The van der Waals surface area contributed by atoms with Crippen LogP contribution in [0.4, 0.5) is 0 Å². The average molecular weight is 324 g/mol. The largest absolute Gasteiger partial charge is 0.461 e. The van der Waals surface area contributed by atoms with Gasteiger partial charge >= 0.3 is 5.97 Å². The summed E-state index contributed by atoms with van der Waals surface area (Å²) < 4.78 is 5.29. The molecule has 0 saturated heterocycles. The second-order valence-corrected chi connectivity index (χ2v) is 5.82. The van der Waals surface area contributed by atoms with Crippen LogP contribution in [-0.4, -0.2) is 11.0 Å². The molecule has 5 heteroatoms. The van der Waals surface area contributed by atoms with E-state index in [0.29, 0.717) is 17.7 Å². The molecule has 0 unspecified atom stereocenters. The maximum Gasteiger partial charge on any atom is 0.306 e. The van der Waals surface area contributed by atoms with Crippen LogP contribution in [0.2, 0.25) is 0 Å². The van der Waals surface area contributed by atoms with Crippen LogP contribution in [0.25, 0.3) is 0 Å². The number of aromatic nitrogens is 1. The van der Waals surface area contributed by atoms with Crippen LogP contribution in [0.3, 0.4) is 0 Å². The molecule has 0 bridgehead atoms. The molecule has 2 rings (SSSR count). The summed E-state index contributed by atoms with van der Waals surface area (Å²) >= 11 is 0. The molecule has 1 heterocycles. The third kappa shape index (κ3) is 4.11. The van der Waals surface area contributed by atoms with E-state index in [2.05, 4.69) is 4.98 Å². The van der Waals surface area contributed by atoms with E-state index < -0.39 is 5.56 Å². The van der Waals surface area contributed by atoms with Crippen molar-refractivity contribution >= 4 is 5.97 Å². The molecule has 1 aromatic carbocycles. The van der Waals surface area contributed by atoms with Gasteiger partial charge in [-0.15, -0.1) is 0 Å². The highest BCUT2D eigenvalue weighted by Gasteiger charge is 2.13. The minimum Gasteiger partial charge on any atom is -0.461 e. The number of rotatable bonds is 5. The number of benzene rings is 1. The number of nitriles is 1. The van der Waals surface area contributed by atoms with Crippen molar-refractivity contribution in [2.45, 2.75) is 40.2 Å². The van der Waals surface area contributed by atoms with Gasteiger partial charge in [-0.3, -0.25) is 9.59 Å². The molecule has 1 N–H and O–H groups in total. The Labute approximate surface area is 140 Å². The highest BCUT2D eigenvalue weighted by Crippen LogP contribution is 2.15. The third-order valence-corrected chi connectivity index (χ3v) is 3.98. The number of pyridine rings is 1. The number of nitrogens with zero attached hydrogens (tertiary/aromatic N) is 1. The summed E-state index contributed by atoms with van der Waals surface area (Å²) in [5, 5.41) is 9.06. The smallest absolute Gasteiger partial charge is 0.306 e. The molecular formula is C19H20N2O3. The Balaban J connectivity index is 2.00. The van der Waals surface area contributed by atoms with Gasteiger partial charge in [-0.05, 0) is 43.9 Å². The number of carbonyl (C=O) groups is 1. The zero-order valence-corrected chi connectivity index (χ0v) is 14.1. The van der Waals surface area contributed by atoms with Crippen molar-refractivity contribution in [1.82, 2.24) is 4.98 Å². The van der Waals surface area contributed by atoms with Crippen molar-refractivity contribution in [3.8, 4) is 6.07 Å². The first-order valence-corrected chi connectivity index (χ1v) is 7.76. The van der Waals surface area contributed by atoms with Crippen LogP contribution in [0.1, 0.15) is 39.9 Å². The summed E-state index contributed by atoms with van der Waals surface area (Å²) in [7, 11) is 0. The zero-order valence-electron chi connectivity index (χ0n) is 14.1. The molecule has 0 aliphatic carbocycles. The Hall–Kier alpha value is -2.87. The fourth-order valence-corrected chi connectivity index (χ4v) is 2.69. The van der Waals surface area contributed by atoms with Crippen molar-refractivity contribution in [2.24, 2.45) is 0 Å². The summed E-state index contributed by atoms with van der Waals surface area (Å²) in [4.78, 5) is 26.3. The van der Waals surface area contributed by atoms with Crippen LogP contribution in [-0.2, 0) is 22.6 Å². The van der Waals surface area contributed by atoms with Gasteiger partial charge in [0.15, 0.2) is 0 Å². The van der Waals surface area contributed by atoms with Crippen molar-refractivity contribution in [3.63, 3.8) is 0 Å². The van der Waals surface area contributed by atoms with Gasteiger partial charge < -0.3 is 9.72 Å². The Morgan fingerprint density at radius 1 is 1.29 bits per heavy atom. The quantitative estimate of drug-likeness (QED) is 0.857. The monoisotopic (exact) mass is 324 g/mol. The molecule has 0 spiro atoms. The Bertz CT molecular complexity index is 860. The second kappa shape index (κ2) is 7.60. The lowest BCUT2D eigenvalue weighted by Gasteiger charge is -2.11. The first-order chi connectivity index (χ1) is 11.4. The first kappa shape index (κ1) is 17.5. The third-order valence-electron chi connectivity index (χ3n) is 3.98. The lowest BCUT2D eigenvalue weighted by Crippen LogP contribution is -2.17. The van der Waals surface area contributed by atoms with Gasteiger partial charge in [0.05, 0.1) is 0 Å². The van der Waals surface area contributed by atoms with Crippen LogP contribution < -0.4 is 5.56 Å². The Morgan fingerprint density at radius 2 is 2.04 bits per heavy atom. The number of esters is 1. The molecule has 0 fully saturated rings. The second-order valence-electron chi connectivity index (χ2n) is 5.82. The van der Waals surface area contributed by atoms with Gasteiger partial charge in [-0.2, -0.15) is 5.26 Å². The van der Waals surface area contributed by atoms with Crippen molar-refractivity contribution in [2.75, 3.05) is 0 Å². The summed E-state index contributed by atoms with van der Waals surface area (Å²) in [6, 6.07) is 9.71. The number of aromatic amines is 1. The maximum atomic E-state index is 12.0. The number of nitrogens with one attached hydrogen (secondary N) is 1. The van der Waals surface area contributed by atoms with E-state index in [9.17, 15) is 9.59 Å². The Morgan fingerprint density at radius 3 is 2.71 bits per heavy atom. The van der Waals surface area contributed by atoms with E-state index in [1.807, 2.05) is 37.3 Å². The minimum absolute atomic E-state index is 0.101. The summed E-state index contributed by atoms with van der Waals surface area (Å²) in [6.07, 6.45) is 0.625. The van der Waals surface area contributed by atoms with Gasteiger partial charge in [-0.1, -0.05) is 29.8 Å². The number of hydrogen-bond donors (Lipinski definition) is 1. The lowest BCUT2D eigenvalue weighted by atomic mass is 9.99. The number of H-pyrrole nitrogens is 1. The van der Waals surface area contributed by atoms with E-state index in [-0.39, 0.29) is 24.6 Å². The molecule has 0 amide bonds. The topological polar surface area (TPSA) is 83.0 Å². The highest BCUT2D eigenvalue weighted by atomic mass is 16.5. The van der Waals surface area contributed by atoms with Crippen molar-refractivity contribution in [3.05, 3.63) is 68.1 Å². The molecule has 124 valence electrons. The molecule has 1 aromatic heterocycles. The molecule has 2 aromatic rings. The van der Waals surface area contributed by atoms with E-state index in [1.165, 1.54) is 0 Å². The van der Waals surface area contributed by atoms with Gasteiger partial charge in [0.2, 0.25) is 0 Å². The van der Waals surface area contributed by atoms with Crippen molar-refractivity contribution < 1.29 is 9.53 Å². The van der Waals surface area contributed by atoms with Gasteiger partial charge in [0.25, 0.3) is 5.56 Å². The predicted molar refractivity (Wildman–Crippen MR) is 90.5 cm³/mol. The summed E-state index contributed by atoms with van der Waals surface area (Å²) in [5.41, 5.74) is 3.91. The SMILES string of the molecule is Cc1cccc(COC(=O)CCc2c(C)[nH]c(=O)c(C#N)c2C)c1. The summed E-state index contributed by atoms with van der Waals surface area (Å²) in [6.45, 7) is 5.73. The predicted octanol–water partition coefficient (Wildman–Crippen LogP) is 2.85. The fraction of sp³-hybridized carbons (Fsp3) is 0.316. The average Bonchev–Trinajstić information content (AvgIpc) is 2.53. The molecule has 24 heavy (non-hydrogen) atoms. The number of aryl methyl sites for hydroxylation is 2. The molecule has 0 radical (unpaired) electrons. The van der Waals surface area contributed by atoms with Crippen LogP contribution >= 0.6 is 0 Å². The highest BCUT2D eigenvalue weighted by molar-refractivity contribution is 5.70. The maximum absolute atomic E-state index is 12.0. The van der Waals surface area contributed by atoms with E-state index in [0.717, 1.165) is 16.7 Å². The molecule has 0 saturated carbocycles. The van der Waals surface area contributed by atoms with Crippen LogP contribution in [0, 0.1) is 32.1 Å². The number of ether oxygens (including phenoxy) is 1. The van der Waals surface area contributed by atoms with Gasteiger partial charge in [-0.25, -0.2) is 0 Å². The van der Waals surface area contributed by atoms with Crippen molar-refractivity contribution in [1.29, 1.82) is 5.26 Å². The number of hydrogen-bond acceptors (Lipinski definition) is 4. The molecule has 0 aliphatic heterocycles. The minimum atomic E-state index is -0.390. The standard InChI is InChI=1S/C19H20N2O3/c1-12-5-4-6-15(9-12)11-24-18(22)8-7-16-13(2)17(10-20)19(23)21-14(16)3/h4-6,9H,7-8,11H2,1-3H3,(H,21,23). The van der Waals surface area contributed by atoms with Crippen LogP contribution in [0.15, 0.2) is 29.1 Å². The van der Waals surface area contributed by atoms with E-state index in [4.69, 9.17) is 10.00 Å². The van der Waals surface area contributed by atoms with Crippen LogP contribution in [0.5, 0.6) is 0 Å². The molecule has 0 aliphatic rings. The van der Waals surface area contributed by atoms with Gasteiger partial charge in [0, 0.05) is 12.1 Å². The summed E-state index contributed by atoms with van der Waals surface area (Å²) in [5.74, 6) is -0.306. The van der Waals surface area contributed by atoms with E-state index >= 15 is 0 Å². The van der Waals surface area contributed by atoms with E-state index in [1.54, 1.807) is 13.8 Å².